The average molecular weight is 299 g/mol. The van der Waals surface area contributed by atoms with Gasteiger partial charge in [-0.1, -0.05) is 17.7 Å². The highest BCUT2D eigenvalue weighted by Crippen LogP contribution is 2.27. The summed E-state index contributed by atoms with van der Waals surface area (Å²) in [7, 11) is -3.27. The third-order valence-electron chi connectivity index (χ3n) is 2.42. The van der Waals surface area contributed by atoms with Gasteiger partial charge in [0.1, 0.15) is 17.2 Å². The first-order valence-corrected chi connectivity index (χ1v) is 7.60. The second-order valence-corrected chi connectivity index (χ2v) is 6.32. The third-order valence-corrected chi connectivity index (χ3v) is 3.92. The van der Waals surface area contributed by atoms with E-state index >= 15 is 0 Å². The van der Waals surface area contributed by atoms with Crippen molar-refractivity contribution in [1.82, 2.24) is 9.97 Å². The van der Waals surface area contributed by atoms with Crippen molar-refractivity contribution in [2.24, 2.45) is 0 Å². The fourth-order valence-corrected chi connectivity index (χ4v) is 2.18. The van der Waals surface area contributed by atoms with Crippen molar-refractivity contribution in [3.05, 3.63) is 41.3 Å². The summed E-state index contributed by atoms with van der Waals surface area (Å²) in [6, 6.07) is 6.18. The van der Waals surface area contributed by atoms with Gasteiger partial charge in [0.05, 0.1) is 4.90 Å². The Bertz CT molecular complexity index is 717. The van der Waals surface area contributed by atoms with Gasteiger partial charge in [0.25, 0.3) is 0 Å². The molecule has 5 nitrogen and oxygen atoms in total. The Labute approximate surface area is 116 Å². The molecule has 0 aliphatic rings. The summed E-state index contributed by atoms with van der Waals surface area (Å²) in [5, 5.41) is 0.296. The number of hydrogen-bond donors (Lipinski definition) is 0. The molecule has 19 heavy (non-hydrogen) atoms. The first-order chi connectivity index (χ1) is 8.88. The molecule has 0 fully saturated rings. The van der Waals surface area contributed by atoms with Gasteiger partial charge in [-0.3, -0.25) is 0 Å². The molecule has 0 atom stereocenters. The first kappa shape index (κ1) is 13.8. The van der Waals surface area contributed by atoms with E-state index in [-0.39, 0.29) is 4.90 Å². The van der Waals surface area contributed by atoms with Crippen molar-refractivity contribution in [3.63, 3.8) is 0 Å². The van der Waals surface area contributed by atoms with Crippen molar-refractivity contribution in [1.29, 1.82) is 0 Å². The summed E-state index contributed by atoms with van der Waals surface area (Å²) in [5.41, 5.74) is 0.592. The van der Waals surface area contributed by atoms with Crippen LogP contribution in [0.25, 0.3) is 0 Å². The van der Waals surface area contributed by atoms with Crippen LogP contribution in [0.1, 0.15) is 5.56 Å². The molecule has 0 saturated heterocycles. The summed E-state index contributed by atoms with van der Waals surface area (Å²) >= 11 is 5.86. The lowest BCUT2D eigenvalue weighted by Crippen LogP contribution is -1.98. The van der Waals surface area contributed by atoms with Gasteiger partial charge < -0.3 is 4.74 Å². The minimum Gasteiger partial charge on any atom is -0.439 e. The van der Waals surface area contributed by atoms with Crippen molar-refractivity contribution < 1.29 is 13.2 Å². The van der Waals surface area contributed by atoms with Crippen LogP contribution in [-0.2, 0) is 9.84 Å². The topological polar surface area (TPSA) is 69.2 Å². The third kappa shape index (κ3) is 3.21. The Morgan fingerprint density at radius 2 is 2.00 bits per heavy atom. The minimum atomic E-state index is -3.27. The molecule has 0 N–H and O–H groups in total. The molecule has 7 heteroatoms. The number of hydrogen-bond acceptors (Lipinski definition) is 5. The fraction of sp³-hybridized carbons (Fsp3) is 0.167. The first-order valence-electron chi connectivity index (χ1n) is 5.33. The highest BCUT2D eigenvalue weighted by atomic mass is 35.5. The van der Waals surface area contributed by atoms with E-state index in [0.29, 0.717) is 22.3 Å². The maximum absolute atomic E-state index is 11.5. The van der Waals surface area contributed by atoms with Crippen LogP contribution in [0.5, 0.6) is 11.6 Å². The predicted molar refractivity (Wildman–Crippen MR) is 71.4 cm³/mol. The maximum atomic E-state index is 11.5. The van der Waals surface area contributed by atoms with Crippen LogP contribution in [0.3, 0.4) is 0 Å². The zero-order valence-electron chi connectivity index (χ0n) is 10.3. The molecular formula is C12H11ClN2O3S. The van der Waals surface area contributed by atoms with Gasteiger partial charge in [-0.05, 0) is 25.1 Å². The summed E-state index contributed by atoms with van der Waals surface area (Å²) in [4.78, 5) is 7.96. The van der Waals surface area contributed by atoms with Crippen molar-refractivity contribution in [2.75, 3.05) is 6.26 Å². The Morgan fingerprint density at radius 3 is 2.68 bits per heavy atom. The van der Waals surface area contributed by atoms with E-state index in [9.17, 15) is 8.42 Å². The van der Waals surface area contributed by atoms with E-state index in [4.69, 9.17) is 16.3 Å². The van der Waals surface area contributed by atoms with E-state index in [0.717, 1.165) is 6.26 Å². The van der Waals surface area contributed by atoms with Crippen LogP contribution < -0.4 is 4.74 Å². The van der Waals surface area contributed by atoms with Crippen LogP contribution in [0, 0.1) is 6.92 Å². The van der Waals surface area contributed by atoms with Gasteiger partial charge in [0.15, 0.2) is 9.84 Å². The Morgan fingerprint density at radius 1 is 1.26 bits per heavy atom. The van der Waals surface area contributed by atoms with Crippen LogP contribution in [0.2, 0.25) is 5.15 Å². The number of halogens is 1. The zero-order chi connectivity index (χ0) is 14.0. The Kier molecular flexibility index (Phi) is 3.73. The second kappa shape index (κ2) is 5.14. The number of nitrogens with zero attached hydrogens (tertiary/aromatic N) is 2. The maximum Gasteiger partial charge on any atom is 0.226 e. The summed E-state index contributed by atoms with van der Waals surface area (Å²) in [6.45, 7) is 1.72. The smallest absolute Gasteiger partial charge is 0.226 e. The molecule has 0 saturated carbocycles. The summed E-state index contributed by atoms with van der Waals surface area (Å²) in [6.07, 6.45) is 2.42. The predicted octanol–water partition coefficient (Wildman–Crippen LogP) is 2.63. The molecular weight excluding hydrogens is 288 g/mol. The van der Waals surface area contributed by atoms with E-state index < -0.39 is 9.84 Å². The number of aromatic nitrogens is 2. The molecule has 0 aliphatic carbocycles. The van der Waals surface area contributed by atoms with Gasteiger partial charge >= 0.3 is 0 Å². The highest BCUT2D eigenvalue weighted by molar-refractivity contribution is 7.90. The normalized spacial score (nSPS) is 11.3. The molecule has 2 aromatic rings. The monoisotopic (exact) mass is 298 g/mol. The van der Waals surface area contributed by atoms with E-state index in [2.05, 4.69) is 9.97 Å². The summed E-state index contributed by atoms with van der Waals surface area (Å²) < 4.78 is 28.4. The molecule has 0 unspecified atom stereocenters. The van der Waals surface area contributed by atoms with E-state index in [1.165, 1.54) is 18.5 Å². The minimum absolute atomic E-state index is 0.183. The van der Waals surface area contributed by atoms with Crippen LogP contribution in [0.15, 0.2) is 35.5 Å². The molecule has 0 radical (unpaired) electrons. The molecule has 100 valence electrons. The number of sulfone groups is 1. The molecule has 0 bridgehead atoms. The molecule has 0 aliphatic heterocycles. The second-order valence-electron chi connectivity index (χ2n) is 3.94. The molecule has 1 aromatic carbocycles. The van der Waals surface area contributed by atoms with Crippen LogP contribution in [0.4, 0.5) is 0 Å². The largest absolute Gasteiger partial charge is 0.439 e. The lowest BCUT2D eigenvalue weighted by molar-refractivity contribution is 0.455. The van der Waals surface area contributed by atoms with Gasteiger partial charge in [0.2, 0.25) is 5.88 Å². The van der Waals surface area contributed by atoms with Crippen molar-refractivity contribution in [3.8, 4) is 11.6 Å². The van der Waals surface area contributed by atoms with E-state index in [1.54, 1.807) is 19.1 Å². The molecule has 0 amide bonds. The molecule has 2 rings (SSSR count). The molecule has 1 aromatic heterocycles. The number of ether oxygens (including phenoxy) is 1. The van der Waals surface area contributed by atoms with Crippen LogP contribution in [-0.4, -0.2) is 24.6 Å². The number of benzene rings is 1. The standard InChI is InChI=1S/C12H11ClN2O3S/c1-8-11(13)14-7-15-12(8)18-9-4-3-5-10(6-9)19(2,16)17/h3-7H,1-2H3. The average Bonchev–Trinajstić information content (AvgIpc) is 2.34. The van der Waals surface area contributed by atoms with E-state index in [1.807, 2.05) is 0 Å². The number of rotatable bonds is 3. The van der Waals surface area contributed by atoms with Crippen molar-refractivity contribution >= 4 is 21.4 Å². The Hall–Kier alpha value is -1.66. The molecule has 0 spiro atoms. The fourth-order valence-electron chi connectivity index (χ4n) is 1.40. The lowest BCUT2D eigenvalue weighted by Gasteiger charge is -2.08. The summed E-state index contributed by atoms with van der Waals surface area (Å²) in [5.74, 6) is 0.673. The Balaban J connectivity index is 2.37. The van der Waals surface area contributed by atoms with Gasteiger partial charge in [-0.2, -0.15) is 0 Å². The highest BCUT2D eigenvalue weighted by Gasteiger charge is 2.11. The molecule has 1 heterocycles. The quantitative estimate of drug-likeness (QED) is 0.815. The van der Waals surface area contributed by atoms with Gasteiger partial charge in [-0.25, -0.2) is 18.4 Å². The van der Waals surface area contributed by atoms with Gasteiger partial charge in [0, 0.05) is 11.8 Å². The van der Waals surface area contributed by atoms with Crippen LogP contribution >= 0.6 is 11.6 Å². The zero-order valence-corrected chi connectivity index (χ0v) is 11.9. The lowest BCUT2D eigenvalue weighted by atomic mass is 10.3. The van der Waals surface area contributed by atoms with Gasteiger partial charge in [-0.15, -0.1) is 0 Å². The van der Waals surface area contributed by atoms with Crippen molar-refractivity contribution in [2.45, 2.75) is 11.8 Å². The SMILES string of the molecule is Cc1c(Cl)ncnc1Oc1cccc(S(C)(=O)=O)c1.